The van der Waals surface area contributed by atoms with Crippen LogP contribution in [0.2, 0.25) is 0 Å². The first-order chi connectivity index (χ1) is 14.5. The number of hydrogen-bond donors (Lipinski definition) is 1. The lowest BCUT2D eigenvalue weighted by atomic mass is 10.2. The van der Waals surface area contributed by atoms with E-state index in [4.69, 9.17) is 9.15 Å². The Morgan fingerprint density at radius 1 is 1.13 bits per heavy atom. The molecule has 152 valence electrons. The topological polar surface area (TPSA) is 99.2 Å². The molecule has 0 fully saturated rings. The predicted molar refractivity (Wildman–Crippen MR) is 112 cm³/mol. The molecule has 0 aliphatic carbocycles. The van der Waals surface area contributed by atoms with Crippen LogP contribution in [0.15, 0.2) is 53.1 Å². The van der Waals surface area contributed by atoms with Gasteiger partial charge in [-0.05, 0) is 38.1 Å². The van der Waals surface area contributed by atoms with Crippen LogP contribution < -0.4 is 5.32 Å². The van der Waals surface area contributed by atoms with Crippen LogP contribution >= 0.6 is 11.3 Å². The number of benzene rings is 1. The minimum Gasteiger partial charge on any atom is -0.465 e. The van der Waals surface area contributed by atoms with Gasteiger partial charge in [0.05, 0.1) is 24.1 Å². The average molecular weight is 422 g/mol. The highest BCUT2D eigenvalue weighted by atomic mass is 32.1. The zero-order valence-electron chi connectivity index (χ0n) is 16.5. The van der Waals surface area contributed by atoms with Crippen molar-refractivity contribution in [3.05, 3.63) is 70.6 Å². The molecule has 1 N–H and O–H groups in total. The molecule has 0 spiro atoms. The maximum absolute atomic E-state index is 13.1. The summed E-state index contributed by atoms with van der Waals surface area (Å²) in [6.07, 6.45) is 1.64. The van der Waals surface area contributed by atoms with Gasteiger partial charge < -0.3 is 9.15 Å². The SMILES string of the molecule is COC(=O)c1sc(NC(=O)c2cn(-c3ccccc3)nc2-c2ccc(C)o2)nc1C. The van der Waals surface area contributed by atoms with E-state index in [1.165, 1.54) is 7.11 Å². The van der Waals surface area contributed by atoms with Crippen molar-refractivity contribution in [3.63, 3.8) is 0 Å². The van der Waals surface area contributed by atoms with Gasteiger partial charge in [-0.1, -0.05) is 29.5 Å². The Bertz CT molecular complexity index is 1220. The summed E-state index contributed by atoms with van der Waals surface area (Å²) in [6.45, 7) is 3.51. The molecular formula is C21H18N4O4S. The van der Waals surface area contributed by atoms with E-state index in [1.807, 2.05) is 43.3 Å². The summed E-state index contributed by atoms with van der Waals surface area (Å²) in [7, 11) is 1.30. The van der Waals surface area contributed by atoms with Gasteiger partial charge in [0.25, 0.3) is 5.91 Å². The first-order valence-electron chi connectivity index (χ1n) is 9.05. The maximum Gasteiger partial charge on any atom is 0.350 e. The molecule has 30 heavy (non-hydrogen) atoms. The number of carbonyl (C=O) groups is 2. The number of methoxy groups -OCH3 is 1. The number of aromatic nitrogens is 3. The zero-order valence-corrected chi connectivity index (χ0v) is 17.3. The van der Waals surface area contributed by atoms with Crippen molar-refractivity contribution in [3.8, 4) is 17.1 Å². The van der Waals surface area contributed by atoms with Crippen molar-refractivity contribution >= 4 is 28.3 Å². The second-order valence-electron chi connectivity index (χ2n) is 6.46. The standard InChI is InChI=1S/C21H18N4O4S/c1-12-9-10-16(29-12)17-15(11-25(24-17)14-7-5-4-6-8-14)19(26)23-21-22-13(2)18(30-21)20(27)28-3/h4-11H,1-3H3,(H,22,23,26). The highest BCUT2D eigenvalue weighted by Gasteiger charge is 2.23. The molecule has 0 saturated heterocycles. The van der Waals surface area contributed by atoms with Crippen LogP contribution in [-0.4, -0.2) is 33.8 Å². The number of nitrogens with one attached hydrogen (secondary N) is 1. The van der Waals surface area contributed by atoms with E-state index in [0.717, 1.165) is 17.0 Å². The fraction of sp³-hybridized carbons (Fsp3) is 0.143. The molecule has 4 aromatic rings. The number of ether oxygens (including phenoxy) is 1. The number of para-hydroxylation sites is 1. The lowest BCUT2D eigenvalue weighted by molar-refractivity contribution is 0.0605. The largest absolute Gasteiger partial charge is 0.465 e. The monoisotopic (exact) mass is 422 g/mol. The van der Waals surface area contributed by atoms with E-state index in [-0.39, 0.29) is 0 Å². The van der Waals surface area contributed by atoms with Gasteiger partial charge in [-0.25, -0.2) is 14.5 Å². The fourth-order valence-corrected chi connectivity index (χ4v) is 3.77. The van der Waals surface area contributed by atoms with Gasteiger partial charge in [-0.3, -0.25) is 10.1 Å². The number of furan rings is 1. The van der Waals surface area contributed by atoms with Gasteiger partial charge in [0, 0.05) is 6.20 Å². The Balaban J connectivity index is 1.71. The van der Waals surface area contributed by atoms with Crippen molar-refractivity contribution in [2.75, 3.05) is 12.4 Å². The number of carbonyl (C=O) groups excluding carboxylic acids is 2. The fourth-order valence-electron chi connectivity index (χ4n) is 2.89. The van der Waals surface area contributed by atoms with Gasteiger partial charge in [0.2, 0.25) is 0 Å². The van der Waals surface area contributed by atoms with Crippen LogP contribution in [0.3, 0.4) is 0 Å². The van der Waals surface area contributed by atoms with Crippen molar-refractivity contribution in [1.29, 1.82) is 0 Å². The van der Waals surface area contributed by atoms with Crippen LogP contribution in [0.4, 0.5) is 5.13 Å². The molecule has 0 aliphatic heterocycles. The average Bonchev–Trinajstić information content (AvgIpc) is 3.46. The molecule has 0 bridgehead atoms. The normalized spacial score (nSPS) is 10.8. The Hall–Kier alpha value is -3.72. The van der Waals surface area contributed by atoms with E-state index < -0.39 is 11.9 Å². The number of hydrogen-bond acceptors (Lipinski definition) is 7. The molecule has 0 unspecified atom stereocenters. The van der Waals surface area contributed by atoms with Gasteiger partial charge in [0.15, 0.2) is 10.9 Å². The number of rotatable bonds is 5. The summed E-state index contributed by atoms with van der Waals surface area (Å²) >= 11 is 1.06. The minimum absolute atomic E-state index is 0.298. The van der Waals surface area contributed by atoms with Crippen LogP contribution in [0.25, 0.3) is 17.1 Å². The van der Waals surface area contributed by atoms with Crippen LogP contribution in [0.5, 0.6) is 0 Å². The van der Waals surface area contributed by atoms with Gasteiger partial charge >= 0.3 is 5.97 Å². The van der Waals surface area contributed by atoms with E-state index in [9.17, 15) is 9.59 Å². The summed E-state index contributed by atoms with van der Waals surface area (Å²) in [5, 5.41) is 7.61. The summed E-state index contributed by atoms with van der Waals surface area (Å²) in [5.41, 5.74) is 2.02. The van der Waals surface area contributed by atoms with Crippen molar-refractivity contribution in [2.24, 2.45) is 0 Å². The Morgan fingerprint density at radius 3 is 2.57 bits per heavy atom. The van der Waals surface area contributed by atoms with Gasteiger partial charge in [-0.15, -0.1) is 0 Å². The second kappa shape index (κ2) is 7.96. The van der Waals surface area contributed by atoms with Crippen LogP contribution in [-0.2, 0) is 4.74 Å². The number of amides is 1. The summed E-state index contributed by atoms with van der Waals surface area (Å²) < 4.78 is 12.1. The quantitative estimate of drug-likeness (QED) is 0.483. The van der Waals surface area contributed by atoms with Gasteiger partial charge in [-0.2, -0.15) is 5.10 Å². The Labute approximate surface area is 176 Å². The molecule has 4 rings (SSSR count). The van der Waals surface area contributed by atoms with E-state index in [1.54, 1.807) is 23.9 Å². The Kier molecular flexibility index (Phi) is 5.20. The van der Waals surface area contributed by atoms with E-state index in [0.29, 0.717) is 38.5 Å². The second-order valence-corrected chi connectivity index (χ2v) is 7.46. The smallest absolute Gasteiger partial charge is 0.350 e. The highest BCUT2D eigenvalue weighted by molar-refractivity contribution is 7.17. The third-order valence-corrected chi connectivity index (χ3v) is 5.39. The first kappa shape index (κ1) is 19.6. The molecule has 9 heteroatoms. The third kappa shape index (κ3) is 3.74. The van der Waals surface area contributed by atoms with Crippen LogP contribution in [0, 0.1) is 13.8 Å². The number of aryl methyl sites for hydroxylation is 2. The number of esters is 1. The molecule has 0 atom stereocenters. The highest BCUT2D eigenvalue weighted by Crippen LogP contribution is 2.28. The molecule has 0 radical (unpaired) electrons. The third-order valence-electron chi connectivity index (χ3n) is 4.34. The predicted octanol–water partition coefficient (Wildman–Crippen LogP) is 4.24. The number of anilines is 1. The lowest BCUT2D eigenvalue weighted by Crippen LogP contribution is -2.12. The molecule has 1 aromatic carbocycles. The summed E-state index contributed by atoms with van der Waals surface area (Å²) in [6, 6.07) is 13.0. The van der Waals surface area contributed by atoms with E-state index in [2.05, 4.69) is 15.4 Å². The molecular weight excluding hydrogens is 404 g/mol. The zero-order chi connectivity index (χ0) is 21.3. The number of thiazole rings is 1. The van der Waals surface area contributed by atoms with Crippen molar-refractivity contribution in [2.45, 2.75) is 13.8 Å². The van der Waals surface area contributed by atoms with E-state index >= 15 is 0 Å². The minimum atomic E-state index is -0.492. The van der Waals surface area contributed by atoms with Crippen molar-refractivity contribution in [1.82, 2.24) is 14.8 Å². The summed E-state index contributed by atoms with van der Waals surface area (Å²) in [5.74, 6) is 0.294. The molecule has 0 saturated carbocycles. The van der Waals surface area contributed by atoms with Crippen LogP contribution in [0.1, 0.15) is 31.5 Å². The lowest BCUT2D eigenvalue weighted by Gasteiger charge is -2.00. The van der Waals surface area contributed by atoms with Crippen molar-refractivity contribution < 1.29 is 18.7 Å². The maximum atomic E-state index is 13.1. The molecule has 3 aromatic heterocycles. The molecule has 3 heterocycles. The molecule has 1 amide bonds. The Morgan fingerprint density at radius 2 is 1.90 bits per heavy atom. The molecule has 8 nitrogen and oxygen atoms in total. The number of nitrogens with zero attached hydrogens (tertiary/aromatic N) is 3. The molecule has 0 aliphatic rings. The summed E-state index contributed by atoms with van der Waals surface area (Å²) in [4.78, 5) is 29.5. The van der Waals surface area contributed by atoms with Gasteiger partial charge in [0.1, 0.15) is 16.3 Å². The first-order valence-corrected chi connectivity index (χ1v) is 9.87.